The van der Waals surface area contributed by atoms with Gasteiger partial charge in [0.05, 0.1) is 34.8 Å². The molecule has 2 heterocycles. The maximum Gasteiger partial charge on any atom is 0.416 e. The van der Waals surface area contributed by atoms with E-state index < -0.39 is 17.6 Å². The number of nitrogens with zero attached hydrogens (tertiary/aromatic N) is 3. The van der Waals surface area contributed by atoms with Crippen molar-refractivity contribution in [2.24, 2.45) is 0 Å². The molecule has 0 radical (unpaired) electrons. The Kier molecular flexibility index (Phi) is 5.66. The summed E-state index contributed by atoms with van der Waals surface area (Å²) in [6, 6.07) is 6.35. The number of aromatic nitrogens is 3. The van der Waals surface area contributed by atoms with Crippen molar-refractivity contribution in [3.8, 4) is 0 Å². The van der Waals surface area contributed by atoms with Crippen LogP contribution in [0.4, 0.5) is 19.0 Å². The number of carbonyl (C=O) groups is 1. The van der Waals surface area contributed by atoms with Gasteiger partial charge in [-0.1, -0.05) is 23.7 Å². The topological polar surface area (TPSA) is 80.0 Å². The smallest absolute Gasteiger partial charge is 0.390 e. The van der Waals surface area contributed by atoms with E-state index in [0.717, 1.165) is 12.1 Å². The average Bonchev–Trinajstić information content (AvgIpc) is 3.07. The van der Waals surface area contributed by atoms with Crippen molar-refractivity contribution < 1.29 is 23.1 Å². The third-order valence-electron chi connectivity index (χ3n) is 3.81. The van der Waals surface area contributed by atoms with Crippen LogP contribution in [0.2, 0.25) is 5.02 Å². The molecule has 0 saturated carbocycles. The molecule has 3 aromatic rings. The van der Waals surface area contributed by atoms with Gasteiger partial charge >= 0.3 is 6.18 Å². The summed E-state index contributed by atoms with van der Waals surface area (Å²) in [5.41, 5.74) is 0.141. The molecule has 2 N–H and O–H groups in total. The molecule has 1 aromatic carbocycles. The molecule has 0 atom stereocenters. The normalized spacial score (nSPS) is 11.5. The minimum absolute atomic E-state index is 0.103. The molecular formula is C18H14ClF3N4O2. The van der Waals surface area contributed by atoms with E-state index in [4.69, 9.17) is 16.7 Å². The molecule has 0 saturated heterocycles. The van der Waals surface area contributed by atoms with Gasteiger partial charge in [-0.3, -0.25) is 9.78 Å². The molecule has 0 spiro atoms. The van der Waals surface area contributed by atoms with Gasteiger partial charge < -0.3 is 15.0 Å². The second kappa shape index (κ2) is 7.99. The standard InChI is InChI=1S/C18H14ClF3N4O2/c19-15-5-13(9-27)23-6-14(15)17(28)25-16-8-26(10-24-16)7-11-2-1-3-12(4-11)18(20,21)22/h1-6,8,10,27H,7,9H2,(H,25,28). The number of halogens is 4. The van der Waals surface area contributed by atoms with E-state index in [9.17, 15) is 18.0 Å². The van der Waals surface area contributed by atoms with Crippen LogP contribution in [0, 0.1) is 0 Å². The Bertz CT molecular complexity index is 1000. The van der Waals surface area contributed by atoms with Gasteiger partial charge in [0.2, 0.25) is 0 Å². The Morgan fingerprint density at radius 3 is 2.71 bits per heavy atom. The molecular weight excluding hydrogens is 397 g/mol. The number of benzene rings is 1. The highest BCUT2D eigenvalue weighted by Crippen LogP contribution is 2.29. The summed E-state index contributed by atoms with van der Waals surface area (Å²) in [6.45, 7) is -0.151. The fourth-order valence-electron chi connectivity index (χ4n) is 2.48. The lowest BCUT2D eigenvalue weighted by Gasteiger charge is -2.09. The second-order valence-corrected chi connectivity index (χ2v) is 6.30. The molecule has 0 aliphatic heterocycles. The molecule has 0 aliphatic rings. The highest BCUT2D eigenvalue weighted by molar-refractivity contribution is 6.34. The monoisotopic (exact) mass is 410 g/mol. The molecule has 6 nitrogen and oxygen atoms in total. The number of aliphatic hydroxyl groups is 1. The summed E-state index contributed by atoms with van der Waals surface area (Å²) in [6.07, 6.45) is -0.294. The first kappa shape index (κ1) is 19.8. The van der Waals surface area contributed by atoms with Gasteiger partial charge in [-0.2, -0.15) is 13.2 Å². The van der Waals surface area contributed by atoms with E-state index in [1.807, 2.05) is 0 Å². The number of nitrogens with one attached hydrogen (secondary N) is 1. The summed E-state index contributed by atoms with van der Waals surface area (Å²) in [7, 11) is 0. The van der Waals surface area contributed by atoms with Gasteiger partial charge in [-0.25, -0.2) is 4.98 Å². The minimum Gasteiger partial charge on any atom is -0.390 e. The Hall–Kier alpha value is -2.91. The molecule has 1 amide bonds. The number of aliphatic hydroxyl groups excluding tert-OH is 1. The molecule has 0 unspecified atom stereocenters. The van der Waals surface area contributed by atoms with Crippen LogP contribution in [0.25, 0.3) is 0 Å². The lowest BCUT2D eigenvalue weighted by molar-refractivity contribution is -0.137. The summed E-state index contributed by atoms with van der Waals surface area (Å²) in [5, 5.41) is 11.7. The van der Waals surface area contributed by atoms with Crippen LogP contribution in [0.15, 0.2) is 49.1 Å². The Balaban J connectivity index is 1.70. The van der Waals surface area contributed by atoms with E-state index in [-0.39, 0.29) is 29.6 Å². The van der Waals surface area contributed by atoms with Crippen molar-refractivity contribution in [2.75, 3.05) is 5.32 Å². The molecule has 2 aromatic heterocycles. The molecule has 0 aliphatic carbocycles. The number of alkyl halides is 3. The molecule has 28 heavy (non-hydrogen) atoms. The molecule has 3 rings (SSSR count). The SMILES string of the molecule is O=C(Nc1cn(Cc2cccc(C(F)(F)F)c2)cn1)c1cnc(CO)cc1Cl. The van der Waals surface area contributed by atoms with Gasteiger partial charge in [0.1, 0.15) is 0 Å². The predicted molar refractivity (Wildman–Crippen MR) is 95.9 cm³/mol. The molecule has 146 valence electrons. The third kappa shape index (κ3) is 4.68. The number of rotatable bonds is 5. The van der Waals surface area contributed by atoms with Gasteiger partial charge in [0.15, 0.2) is 5.82 Å². The first-order valence-electron chi connectivity index (χ1n) is 8.01. The lowest BCUT2D eigenvalue weighted by Crippen LogP contribution is -2.13. The van der Waals surface area contributed by atoms with Crippen LogP contribution in [0.5, 0.6) is 0 Å². The van der Waals surface area contributed by atoms with Crippen LogP contribution >= 0.6 is 11.6 Å². The highest BCUT2D eigenvalue weighted by Gasteiger charge is 2.30. The van der Waals surface area contributed by atoms with Gasteiger partial charge in [-0.15, -0.1) is 0 Å². The van der Waals surface area contributed by atoms with Crippen LogP contribution in [-0.4, -0.2) is 25.5 Å². The summed E-state index contributed by atoms with van der Waals surface area (Å²) in [4.78, 5) is 20.2. The van der Waals surface area contributed by atoms with Crippen molar-refractivity contribution in [1.29, 1.82) is 0 Å². The van der Waals surface area contributed by atoms with Crippen molar-refractivity contribution in [1.82, 2.24) is 14.5 Å². The van der Waals surface area contributed by atoms with Crippen molar-refractivity contribution in [3.05, 3.63) is 76.5 Å². The van der Waals surface area contributed by atoms with E-state index in [1.54, 1.807) is 10.6 Å². The van der Waals surface area contributed by atoms with E-state index in [2.05, 4.69) is 15.3 Å². The number of carbonyl (C=O) groups excluding carboxylic acids is 1. The fraction of sp³-hybridized carbons (Fsp3) is 0.167. The van der Waals surface area contributed by atoms with Crippen LogP contribution in [0.1, 0.15) is 27.2 Å². The number of pyridine rings is 1. The van der Waals surface area contributed by atoms with Crippen molar-refractivity contribution in [3.63, 3.8) is 0 Å². The van der Waals surface area contributed by atoms with Gasteiger partial charge in [0.25, 0.3) is 5.91 Å². The minimum atomic E-state index is -4.41. The fourth-order valence-corrected chi connectivity index (χ4v) is 2.74. The predicted octanol–water partition coefficient (Wildman–Crippen LogP) is 3.74. The zero-order chi connectivity index (χ0) is 20.3. The molecule has 0 bridgehead atoms. The highest BCUT2D eigenvalue weighted by atomic mass is 35.5. The quantitative estimate of drug-likeness (QED) is 0.671. The van der Waals surface area contributed by atoms with Crippen LogP contribution < -0.4 is 5.32 Å². The first-order valence-corrected chi connectivity index (χ1v) is 8.38. The second-order valence-electron chi connectivity index (χ2n) is 5.90. The average molecular weight is 411 g/mol. The zero-order valence-corrected chi connectivity index (χ0v) is 15.0. The number of hydrogen-bond donors (Lipinski definition) is 2. The Labute approximate surface area is 162 Å². The molecule has 0 fully saturated rings. The summed E-state index contributed by atoms with van der Waals surface area (Å²) in [5.74, 6) is -0.342. The zero-order valence-electron chi connectivity index (χ0n) is 14.2. The lowest BCUT2D eigenvalue weighted by atomic mass is 10.1. The van der Waals surface area contributed by atoms with Crippen LogP contribution in [0.3, 0.4) is 0 Å². The van der Waals surface area contributed by atoms with Gasteiger partial charge in [-0.05, 0) is 23.8 Å². The van der Waals surface area contributed by atoms with Crippen LogP contribution in [-0.2, 0) is 19.3 Å². The maximum absolute atomic E-state index is 12.8. The van der Waals surface area contributed by atoms with Crippen molar-refractivity contribution in [2.45, 2.75) is 19.3 Å². The third-order valence-corrected chi connectivity index (χ3v) is 4.12. The number of amides is 1. The Morgan fingerprint density at radius 1 is 1.25 bits per heavy atom. The first-order chi connectivity index (χ1) is 13.3. The molecule has 10 heteroatoms. The number of anilines is 1. The Morgan fingerprint density at radius 2 is 2.04 bits per heavy atom. The number of hydrogen-bond acceptors (Lipinski definition) is 4. The largest absolute Gasteiger partial charge is 0.416 e. The maximum atomic E-state index is 12.8. The van der Waals surface area contributed by atoms with E-state index in [0.29, 0.717) is 11.3 Å². The van der Waals surface area contributed by atoms with Gasteiger partial charge in [0, 0.05) is 18.9 Å². The van der Waals surface area contributed by atoms with Crippen molar-refractivity contribution >= 4 is 23.3 Å². The van der Waals surface area contributed by atoms with E-state index in [1.165, 1.54) is 30.9 Å². The number of imidazole rings is 1. The summed E-state index contributed by atoms with van der Waals surface area (Å²) < 4.78 is 39.9. The van der Waals surface area contributed by atoms with E-state index >= 15 is 0 Å². The summed E-state index contributed by atoms with van der Waals surface area (Å²) >= 11 is 6.00.